The first-order valence-corrected chi connectivity index (χ1v) is 8.47. The van der Waals surface area contributed by atoms with Crippen molar-refractivity contribution in [3.63, 3.8) is 0 Å². The summed E-state index contributed by atoms with van der Waals surface area (Å²) in [4.78, 5) is 12.1. The molecule has 0 bridgehead atoms. The Labute approximate surface area is 154 Å². The molecule has 1 unspecified atom stereocenters. The van der Waals surface area contributed by atoms with Crippen LogP contribution >= 0.6 is 0 Å². The zero-order chi connectivity index (χ0) is 18.9. The third-order valence-corrected chi connectivity index (χ3v) is 4.11. The van der Waals surface area contributed by atoms with Crippen LogP contribution < -0.4 is 24.8 Å². The van der Waals surface area contributed by atoms with Gasteiger partial charge in [-0.05, 0) is 30.5 Å². The number of hydrogen-bond donors (Lipinski definition) is 2. The van der Waals surface area contributed by atoms with Crippen LogP contribution in [0.1, 0.15) is 24.1 Å². The number of methoxy groups -OCH3 is 3. The summed E-state index contributed by atoms with van der Waals surface area (Å²) in [5.74, 6) is 1.93. The number of urea groups is 1. The van der Waals surface area contributed by atoms with Crippen LogP contribution in [0.25, 0.3) is 0 Å². The number of hydrogen-bond acceptors (Lipinski definition) is 4. The number of nitrogens with one attached hydrogen (secondary N) is 2. The molecule has 0 heterocycles. The monoisotopic (exact) mass is 358 g/mol. The van der Waals surface area contributed by atoms with Crippen molar-refractivity contribution in [1.82, 2.24) is 10.6 Å². The molecule has 2 amide bonds. The topological polar surface area (TPSA) is 68.8 Å². The summed E-state index contributed by atoms with van der Waals surface area (Å²) in [5.41, 5.74) is 1.99. The van der Waals surface area contributed by atoms with Gasteiger partial charge in [0, 0.05) is 12.6 Å². The SMILES string of the molecule is COc1cc(OC)c(OC)cc1CCNC(=O)NC(C)c1ccccc1. The van der Waals surface area contributed by atoms with Gasteiger partial charge in [-0.15, -0.1) is 0 Å². The van der Waals surface area contributed by atoms with Crippen LogP contribution in [-0.2, 0) is 6.42 Å². The molecule has 2 aromatic rings. The first-order chi connectivity index (χ1) is 12.6. The van der Waals surface area contributed by atoms with Crippen molar-refractivity contribution in [3.8, 4) is 17.2 Å². The van der Waals surface area contributed by atoms with E-state index in [1.165, 1.54) is 0 Å². The molecule has 6 nitrogen and oxygen atoms in total. The summed E-state index contributed by atoms with van der Waals surface area (Å²) in [6, 6.07) is 13.2. The number of benzene rings is 2. The molecule has 0 aliphatic heterocycles. The van der Waals surface area contributed by atoms with Gasteiger partial charge in [0.2, 0.25) is 0 Å². The predicted molar refractivity (Wildman–Crippen MR) is 101 cm³/mol. The largest absolute Gasteiger partial charge is 0.496 e. The van der Waals surface area contributed by atoms with Crippen LogP contribution in [0.5, 0.6) is 17.2 Å². The summed E-state index contributed by atoms with van der Waals surface area (Å²) in [6.07, 6.45) is 0.608. The summed E-state index contributed by atoms with van der Waals surface area (Å²) in [6.45, 7) is 2.42. The summed E-state index contributed by atoms with van der Waals surface area (Å²) in [7, 11) is 4.77. The van der Waals surface area contributed by atoms with Crippen LogP contribution in [0.3, 0.4) is 0 Å². The van der Waals surface area contributed by atoms with Crippen LogP contribution in [0, 0.1) is 0 Å². The van der Waals surface area contributed by atoms with Crippen molar-refractivity contribution < 1.29 is 19.0 Å². The van der Waals surface area contributed by atoms with Gasteiger partial charge in [-0.1, -0.05) is 30.3 Å². The highest BCUT2D eigenvalue weighted by Crippen LogP contribution is 2.34. The normalized spacial score (nSPS) is 11.4. The average molecular weight is 358 g/mol. The Hall–Kier alpha value is -2.89. The number of amides is 2. The second kappa shape index (κ2) is 9.56. The Morgan fingerprint density at radius 1 is 0.962 bits per heavy atom. The Balaban J connectivity index is 1.91. The predicted octanol–water partition coefficient (Wildman–Crippen LogP) is 3.32. The van der Waals surface area contributed by atoms with Crippen molar-refractivity contribution in [2.24, 2.45) is 0 Å². The van der Waals surface area contributed by atoms with Crippen molar-refractivity contribution in [2.45, 2.75) is 19.4 Å². The zero-order valence-corrected chi connectivity index (χ0v) is 15.7. The minimum atomic E-state index is -0.208. The van der Waals surface area contributed by atoms with Gasteiger partial charge in [-0.25, -0.2) is 4.79 Å². The molecule has 0 radical (unpaired) electrons. The molecule has 2 aromatic carbocycles. The molecule has 2 N–H and O–H groups in total. The Bertz CT molecular complexity index is 719. The minimum absolute atomic E-state index is 0.0631. The maximum absolute atomic E-state index is 12.1. The summed E-state index contributed by atoms with van der Waals surface area (Å²) in [5, 5.41) is 5.80. The highest BCUT2D eigenvalue weighted by molar-refractivity contribution is 5.74. The third-order valence-electron chi connectivity index (χ3n) is 4.11. The van der Waals surface area contributed by atoms with Crippen LogP contribution in [0.2, 0.25) is 0 Å². The lowest BCUT2D eigenvalue weighted by Gasteiger charge is -2.16. The second-order valence-electron chi connectivity index (χ2n) is 5.80. The smallest absolute Gasteiger partial charge is 0.315 e. The molecule has 26 heavy (non-hydrogen) atoms. The zero-order valence-electron chi connectivity index (χ0n) is 15.7. The molecule has 1 atom stereocenters. The van der Waals surface area contributed by atoms with E-state index >= 15 is 0 Å². The number of ether oxygens (including phenoxy) is 3. The first-order valence-electron chi connectivity index (χ1n) is 8.47. The van der Waals surface area contributed by atoms with Crippen molar-refractivity contribution >= 4 is 6.03 Å². The molecule has 0 fully saturated rings. The molecular formula is C20H26N2O4. The van der Waals surface area contributed by atoms with Gasteiger partial charge in [0.25, 0.3) is 0 Å². The van der Waals surface area contributed by atoms with Gasteiger partial charge >= 0.3 is 6.03 Å². The van der Waals surface area contributed by atoms with Gasteiger partial charge in [0.05, 0.1) is 27.4 Å². The van der Waals surface area contributed by atoms with Crippen LogP contribution in [0.4, 0.5) is 4.79 Å². The molecular weight excluding hydrogens is 332 g/mol. The Morgan fingerprint density at radius 2 is 1.58 bits per heavy atom. The van der Waals surface area contributed by atoms with Crippen molar-refractivity contribution in [3.05, 3.63) is 53.6 Å². The number of carbonyl (C=O) groups is 1. The van der Waals surface area contributed by atoms with Gasteiger partial charge < -0.3 is 24.8 Å². The molecule has 2 rings (SSSR count). The van der Waals surface area contributed by atoms with Crippen LogP contribution in [-0.4, -0.2) is 33.9 Å². The van der Waals surface area contributed by atoms with E-state index < -0.39 is 0 Å². The molecule has 0 spiro atoms. The molecule has 0 saturated heterocycles. The quantitative estimate of drug-likeness (QED) is 0.760. The molecule has 0 saturated carbocycles. The fraction of sp³-hybridized carbons (Fsp3) is 0.350. The lowest BCUT2D eigenvalue weighted by Crippen LogP contribution is -2.38. The number of carbonyl (C=O) groups excluding carboxylic acids is 1. The summed E-state index contributed by atoms with van der Waals surface area (Å²) < 4.78 is 16.0. The molecule has 0 aromatic heterocycles. The van der Waals surface area contributed by atoms with E-state index in [1.807, 2.05) is 43.3 Å². The average Bonchev–Trinajstić information content (AvgIpc) is 2.68. The van der Waals surface area contributed by atoms with E-state index in [1.54, 1.807) is 27.4 Å². The third kappa shape index (κ3) is 5.05. The van der Waals surface area contributed by atoms with E-state index in [4.69, 9.17) is 14.2 Å². The first kappa shape index (κ1) is 19.4. The lowest BCUT2D eigenvalue weighted by molar-refractivity contribution is 0.238. The van der Waals surface area contributed by atoms with E-state index in [9.17, 15) is 4.79 Å². The maximum Gasteiger partial charge on any atom is 0.315 e. The second-order valence-corrected chi connectivity index (χ2v) is 5.80. The highest BCUT2D eigenvalue weighted by atomic mass is 16.5. The fourth-order valence-electron chi connectivity index (χ4n) is 2.67. The van der Waals surface area contributed by atoms with E-state index in [0.29, 0.717) is 30.2 Å². The van der Waals surface area contributed by atoms with Crippen molar-refractivity contribution in [1.29, 1.82) is 0 Å². The Morgan fingerprint density at radius 3 is 2.19 bits per heavy atom. The highest BCUT2D eigenvalue weighted by Gasteiger charge is 2.13. The molecule has 140 valence electrons. The fourth-order valence-corrected chi connectivity index (χ4v) is 2.67. The van der Waals surface area contributed by atoms with Gasteiger partial charge in [-0.3, -0.25) is 0 Å². The Kier molecular flexibility index (Phi) is 7.14. The molecule has 0 aliphatic carbocycles. The van der Waals surface area contributed by atoms with E-state index in [0.717, 1.165) is 11.1 Å². The van der Waals surface area contributed by atoms with Gasteiger partial charge in [0.1, 0.15) is 5.75 Å². The van der Waals surface area contributed by atoms with E-state index in [-0.39, 0.29) is 12.1 Å². The standard InChI is InChI=1S/C20H26N2O4/c1-14(15-8-6-5-7-9-15)22-20(23)21-11-10-16-12-18(25-3)19(26-4)13-17(16)24-2/h5-9,12-14H,10-11H2,1-4H3,(H2,21,22,23). The molecule has 6 heteroatoms. The van der Waals surface area contributed by atoms with Gasteiger partial charge in [-0.2, -0.15) is 0 Å². The number of rotatable bonds is 8. The van der Waals surface area contributed by atoms with Gasteiger partial charge in [0.15, 0.2) is 11.5 Å². The minimum Gasteiger partial charge on any atom is -0.496 e. The maximum atomic E-state index is 12.1. The summed E-state index contributed by atoms with van der Waals surface area (Å²) >= 11 is 0. The van der Waals surface area contributed by atoms with E-state index in [2.05, 4.69) is 10.6 Å². The lowest BCUT2D eigenvalue weighted by atomic mass is 10.1. The van der Waals surface area contributed by atoms with Crippen LogP contribution in [0.15, 0.2) is 42.5 Å². The van der Waals surface area contributed by atoms with Crippen molar-refractivity contribution in [2.75, 3.05) is 27.9 Å². The molecule has 0 aliphatic rings.